The van der Waals surface area contributed by atoms with Crippen LogP contribution in [0.25, 0.3) is 10.9 Å². The lowest BCUT2D eigenvalue weighted by molar-refractivity contribution is -0.124. The Morgan fingerprint density at radius 1 is 1.16 bits per heavy atom. The highest BCUT2D eigenvalue weighted by molar-refractivity contribution is 5.78. The largest absolute Gasteiger partial charge is 0.354 e. The molecule has 0 radical (unpaired) electrons. The minimum absolute atomic E-state index is 0.0272. The van der Waals surface area contributed by atoms with E-state index >= 15 is 0 Å². The fourth-order valence-electron chi connectivity index (χ4n) is 2.35. The zero-order valence-electron chi connectivity index (χ0n) is 14.6. The van der Waals surface area contributed by atoms with Crippen LogP contribution in [-0.2, 0) is 16.0 Å². The fraction of sp³-hybridized carbons (Fsp3) is 0.444. The molecule has 0 saturated heterocycles. The minimum atomic E-state index is -0.161. The number of benzene rings is 1. The number of aromatic amines is 1. The topological polar surface area (TPSA) is 104 Å². The first-order valence-corrected chi connectivity index (χ1v) is 8.49. The fourth-order valence-corrected chi connectivity index (χ4v) is 2.35. The van der Waals surface area contributed by atoms with Gasteiger partial charge in [-0.2, -0.15) is 0 Å². The SMILES string of the molecule is CC(C)C(=O)NCCNC(=O)CCCc1nc2ccccc2c(=O)[nH]1. The summed E-state index contributed by atoms with van der Waals surface area (Å²) in [5, 5.41) is 6.06. The van der Waals surface area contributed by atoms with Crippen molar-refractivity contribution in [2.45, 2.75) is 33.1 Å². The van der Waals surface area contributed by atoms with Crippen molar-refractivity contribution < 1.29 is 9.59 Å². The third-order valence-corrected chi connectivity index (χ3v) is 3.75. The molecular weight excluding hydrogens is 320 g/mol. The van der Waals surface area contributed by atoms with Gasteiger partial charge in [0.15, 0.2) is 0 Å². The predicted octanol–water partition coefficient (Wildman–Crippen LogP) is 1.13. The summed E-state index contributed by atoms with van der Waals surface area (Å²) in [4.78, 5) is 42.3. The molecule has 1 aromatic carbocycles. The molecule has 2 rings (SSSR count). The summed E-state index contributed by atoms with van der Waals surface area (Å²) in [6.07, 6.45) is 1.46. The standard InChI is InChI=1S/C18H24N4O3/c1-12(2)17(24)20-11-10-19-16(23)9-5-8-15-21-14-7-4-3-6-13(14)18(25)22-15/h3-4,6-7,12H,5,8-11H2,1-2H3,(H,19,23)(H,20,24)(H,21,22,25). The van der Waals surface area contributed by atoms with Gasteiger partial charge >= 0.3 is 0 Å². The molecule has 1 heterocycles. The lowest BCUT2D eigenvalue weighted by atomic mass is 10.2. The first-order chi connectivity index (χ1) is 12.0. The van der Waals surface area contributed by atoms with Crippen LogP contribution in [0.4, 0.5) is 0 Å². The number of amides is 2. The highest BCUT2D eigenvalue weighted by Crippen LogP contribution is 2.07. The molecule has 0 aliphatic heterocycles. The van der Waals surface area contributed by atoms with Crippen LogP contribution in [0, 0.1) is 5.92 Å². The molecule has 0 spiro atoms. The number of carbonyl (C=O) groups excluding carboxylic acids is 2. The van der Waals surface area contributed by atoms with Gasteiger partial charge in [0.05, 0.1) is 10.9 Å². The molecule has 0 fully saturated rings. The molecule has 7 nitrogen and oxygen atoms in total. The second-order valence-corrected chi connectivity index (χ2v) is 6.18. The maximum atomic E-state index is 12.0. The van der Waals surface area contributed by atoms with E-state index in [4.69, 9.17) is 0 Å². The smallest absolute Gasteiger partial charge is 0.258 e. The molecule has 7 heteroatoms. The van der Waals surface area contributed by atoms with Gasteiger partial charge in [0, 0.05) is 31.8 Å². The van der Waals surface area contributed by atoms with Crippen molar-refractivity contribution in [3.8, 4) is 0 Å². The van der Waals surface area contributed by atoms with Crippen LogP contribution in [0.5, 0.6) is 0 Å². The number of carbonyl (C=O) groups is 2. The van der Waals surface area contributed by atoms with Gasteiger partial charge < -0.3 is 15.6 Å². The van der Waals surface area contributed by atoms with E-state index in [0.717, 1.165) is 0 Å². The van der Waals surface area contributed by atoms with Gasteiger partial charge in [-0.1, -0.05) is 26.0 Å². The van der Waals surface area contributed by atoms with E-state index in [1.807, 2.05) is 19.9 Å². The Balaban J connectivity index is 1.73. The molecule has 3 N–H and O–H groups in total. The molecule has 0 aliphatic carbocycles. The Bertz CT molecular complexity index is 798. The third kappa shape index (κ3) is 5.70. The number of nitrogens with one attached hydrogen (secondary N) is 3. The Kier molecular flexibility index (Phi) is 6.68. The molecule has 0 aliphatic rings. The second kappa shape index (κ2) is 8.96. The number of fused-ring (bicyclic) bond motifs is 1. The van der Waals surface area contributed by atoms with Crippen LogP contribution in [0.1, 0.15) is 32.5 Å². The van der Waals surface area contributed by atoms with Crippen molar-refractivity contribution in [1.82, 2.24) is 20.6 Å². The van der Waals surface area contributed by atoms with Crippen molar-refractivity contribution in [1.29, 1.82) is 0 Å². The van der Waals surface area contributed by atoms with Crippen LogP contribution in [0.3, 0.4) is 0 Å². The van der Waals surface area contributed by atoms with Gasteiger partial charge in [0.25, 0.3) is 5.56 Å². The summed E-state index contributed by atoms with van der Waals surface area (Å²) in [7, 11) is 0. The van der Waals surface area contributed by atoms with E-state index in [9.17, 15) is 14.4 Å². The van der Waals surface area contributed by atoms with E-state index < -0.39 is 0 Å². The number of hydrogen-bond donors (Lipinski definition) is 3. The lowest BCUT2D eigenvalue weighted by Crippen LogP contribution is -2.36. The van der Waals surface area contributed by atoms with E-state index in [0.29, 0.717) is 49.1 Å². The number of hydrogen-bond acceptors (Lipinski definition) is 4. The normalized spacial score (nSPS) is 10.8. The summed E-state index contributed by atoms with van der Waals surface area (Å²) >= 11 is 0. The maximum Gasteiger partial charge on any atom is 0.258 e. The van der Waals surface area contributed by atoms with Crippen LogP contribution < -0.4 is 16.2 Å². The molecule has 1 aromatic heterocycles. The zero-order chi connectivity index (χ0) is 18.2. The van der Waals surface area contributed by atoms with Gasteiger partial charge in [-0.15, -0.1) is 0 Å². The van der Waals surface area contributed by atoms with Gasteiger partial charge in [-0.25, -0.2) is 4.98 Å². The molecular formula is C18H24N4O3. The monoisotopic (exact) mass is 344 g/mol. The van der Waals surface area contributed by atoms with E-state index in [2.05, 4.69) is 20.6 Å². The highest BCUT2D eigenvalue weighted by Gasteiger charge is 2.07. The first kappa shape index (κ1) is 18.6. The Morgan fingerprint density at radius 3 is 2.64 bits per heavy atom. The second-order valence-electron chi connectivity index (χ2n) is 6.18. The highest BCUT2D eigenvalue weighted by atomic mass is 16.2. The molecule has 2 amide bonds. The van der Waals surface area contributed by atoms with Crippen molar-refractivity contribution in [3.63, 3.8) is 0 Å². The van der Waals surface area contributed by atoms with E-state index in [1.54, 1.807) is 18.2 Å². The van der Waals surface area contributed by atoms with Crippen molar-refractivity contribution in [2.75, 3.05) is 13.1 Å². The summed E-state index contributed by atoms with van der Waals surface area (Å²) in [5.74, 6) is 0.413. The number of aromatic nitrogens is 2. The summed E-state index contributed by atoms with van der Waals surface area (Å²) in [6, 6.07) is 7.17. The van der Waals surface area contributed by atoms with Gasteiger partial charge in [0.2, 0.25) is 11.8 Å². The average Bonchev–Trinajstić information content (AvgIpc) is 2.58. The number of H-pyrrole nitrogens is 1. The summed E-state index contributed by atoms with van der Waals surface area (Å²) < 4.78 is 0. The molecule has 134 valence electrons. The van der Waals surface area contributed by atoms with Crippen molar-refractivity contribution in [2.24, 2.45) is 5.92 Å². The predicted molar refractivity (Wildman–Crippen MR) is 96.2 cm³/mol. The van der Waals surface area contributed by atoms with Crippen molar-refractivity contribution in [3.05, 3.63) is 40.4 Å². The number of aryl methyl sites for hydroxylation is 1. The molecule has 0 unspecified atom stereocenters. The quantitative estimate of drug-likeness (QED) is 0.625. The van der Waals surface area contributed by atoms with Gasteiger partial charge in [-0.3, -0.25) is 14.4 Å². The lowest BCUT2D eigenvalue weighted by Gasteiger charge is -2.08. The maximum absolute atomic E-state index is 12.0. The molecule has 0 saturated carbocycles. The third-order valence-electron chi connectivity index (χ3n) is 3.75. The summed E-state index contributed by atoms with van der Waals surface area (Å²) in [5.41, 5.74) is 0.498. The van der Waals surface area contributed by atoms with Gasteiger partial charge in [-0.05, 0) is 18.6 Å². The van der Waals surface area contributed by atoms with Crippen LogP contribution in [-0.4, -0.2) is 34.9 Å². The van der Waals surface area contributed by atoms with Crippen molar-refractivity contribution >= 4 is 22.7 Å². The Hall–Kier alpha value is -2.70. The molecule has 0 atom stereocenters. The van der Waals surface area contributed by atoms with Crippen LogP contribution >= 0.6 is 0 Å². The molecule has 2 aromatic rings. The Labute approximate surface area is 146 Å². The first-order valence-electron chi connectivity index (χ1n) is 8.49. The zero-order valence-corrected chi connectivity index (χ0v) is 14.6. The van der Waals surface area contributed by atoms with Gasteiger partial charge in [0.1, 0.15) is 5.82 Å². The summed E-state index contributed by atoms with van der Waals surface area (Å²) in [6.45, 7) is 4.46. The molecule has 0 bridgehead atoms. The molecule has 25 heavy (non-hydrogen) atoms. The Morgan fingerprint density at radius 2 is 1.88 bits per heavy atom. The average molecular weight is 344 g/mol. The van der Waals surface area contributed by atoms with Crippen LogP contribution in [0.2, 0.25) is 0 Å². The van der Waals surface area contributed by atoms with E-state index in [-0.39, 0.29) is 23.3 Å². The number of rotatable bonds is 8. The van der Waals surface area contributed by atoms with E-state index in [1.165, 1.54) is 0 Å². The number of para-hydroxylation sites is 1. The van der Waals surface area contributed by atoms with Crippen LogP contribution in [0.15, 0.2) is 29.1 Å². The number of nitrogens with zero attached hydrogens (tertiary/aromatic N) is 1. The minimum Gasteiger partial charge on any atom is -0.354 e.